The van der Waals surface area contributed by atoms with Crippen molar-refractivity contribution >= 4 is 0 Å². The first-order valence-electron chi connectivity index (χ1n) is 19.4. The van der Waals surface area contributed by atoms with Crippen molar-refractivity contribution in [2.24, 2.45) is 0 Å². The van der Waals surface area contributed by atoms with E-state index in [1.54, 1.807) is 5.82 Å². The number of nitrogens with zero attached hydrogens (tertiary/aromatic N) is 2. The summed E-state index contributed by atoms with van der Waals surface area (Å²) in [7, 11) is 0. The van der Waals surface area contributed by atoms with Crippen LogP contribution in [0.15, 0.2) is 12.4 Å². The van der Waals surface area contributed by atoms with E-state index < -0.39 is 0 Å². The summed E-state index contributed by atoms with van der Waals surface area (Å²) in [5.74, 6) is 1.58. The predicted octanol–water partition coefficient (Wildman–Crippen LogP) is 13.1. The Hall–Kier alpha value is -0.790. The van der Waals surface area contributed by atoms with Crippen LogP contribution in [-0.2, 0) is 19.5 Å². The molecule has 0 N–H and O–H groups in total. The minimum atomic E-state index is 1.22. The summed E-state index contributed by atoms with van der Waals surface area (Å²) in [6.45, 7) is 9.39. The van der Waals surface area contributed by atoms with Gasteiger partial charge >= 0.3 is 0 Å². The van der Waals surface area contributed by atoms with Crippen LogP contribution in [0, 0.1) is 0 Å². The van der Waals surface area contributed by atoms with Gasteiger partial charge in [-0.3, -0.25) is 0 Å². The Bertz CT molecular complexity index is 634. The molecule has 0 aliphatic rings. The molecule has 0 atom stereocenters. The lowest BCUT2D eigenvalue weighted by molar-refractivity contribution is -0.704. The summed E-state index contributed by atoms with van der Waals surface area (Å²) < 4.78 is 5.16. The Morgan fingerprint density at radius 3 is 1.12 bits per heavy atom. The molecule has 1 rings (SSSR count). The van der Waals surface area contributed by atoms with Gasteiger partial charge in [-0.05, 0) is 32.1 Å². The monoisotopic (exact) mass is 574 g/mol. The van der Waals surface area contributed by atoms with E-state index in [9.17, 15) is 0 Å². The zero-order valence-electron chi connectivity index (χ0n) is 28.9. The minimum absolute atomic E-state index is 1.22. The maximum atomic E-state index is 2.58. The molecule has 41 heavy (non-hydrogen) atoms. The van der Waals surface area contributed by atoms with Crippen molar-refractivity contribution in [3.63, 3.8) is 0 Å². The molecule has 0 unspecified atom stereocenters. The van der Waals surface area contributed by atoms with E-state index in [-0.39, 0.29) is 0 Å². The first-order chi connectivity index (χ1) is 20.3. The molecular formula is C39H77N2+. The van der Waals surface area contributed by atoms with Gasteiger partial charge in [0.05, 0.1) is 13.1 Å². The molecular weight excluding hydrogens is 496 g/mol. The average Bonchev–Trinajstić information content (AvgIpc) is 3.36. The quantitative estimate of drug-likeness (QED) is 0.0584. The van der Waals surface area contributed by atoms with E-state index in [2.05, 4.69) is 42.3 Å². The zero-order valence-corrected chi connectivity index (χ0v) is 28.9. The van der Waals surface area contributed by atoms with E-state index in [1.807, 2.05) is 0 Å². The molecule has 0 aliphatic carbocycles. The summed E-state index contributed by atoms with van der Waals surface area (Å²) in [4.78, 5) is 0. The van der Waals surface area contributed by atoms with Crippen molar-refractivity contribution in [2.75, 3.05) is 0 Å². The molecule has 0 fully saturated rings. The van der Waals surface area contributed by atoms with Gasteiger partial charge < -0.3 is 0 Å². The van der Waals surface area contributed by atoms with Crippen molar-refractivity contribution < 1.29 is 4.57 Å². The molecule has 0 saturated heterocycles. The van der Waals surface area contributed by atoms with Crippen LogP contribution in [0.3, 0.4) is 0 Å². The van der Waals surface area contributed by atoms with E-state index in [4.69, 9.17) is 0 Å². The lowest BCUT2D eigenvalue weighted by atomic mass is 10.0. The predicted molar refractivity (Wildman–Crippen MR) is 184 cm³/mol. The van der Waals surface area contributed by atoms with Crippen LogP contribution in [-0.4, -0.2) is 4.57 Å². The summed E-state index contributed by atoms with van der Waals surface area (Å²) in [5, 5.41) is 0. The van der Waals surface area contributed by atoms with Crippen LogP contribution in [0.1, 0.15) is 219 Å². The summed E-state index contributed by atoms with van der Waals surface area (Å²) >= 11 is 0. The number of hydrogen-bond acceptors (Lipinski definition) is 0. The molecule has 0 spiro atoms. The number of hydrogen-bond donors (Lipinski definition) is 0. The molecule has 0 aromatic carbocycles. The van der Waals surface area contributed by atoms with Gasteiger partial charge in [0, 0.05) is 6.42 Å². The fraction of sp³-hybridized carbons (Fsp3) is 0.923. The van der Waals surface area contributed by atoms with Gasteiger partial charge in [-0.2, -0.15) is 0 Å². The number of rotatable bonds is 33. The van der Waals surface area contributed by atoms with E-state index in [1.165, 1.54) is 212 Å². The number of unbranched alkanes of at least 4 members (excludes halogenated alkanes) is 27. The van der Waals surface area contributed by atoms with Crippen molar-refractivity contribution in [2.45, 2.75) is 233 Å². The van der Waals surface area contributed by atoms with E-state index >= 15 is 0 Å². The second-order valence-corrected chi connectivity index (χ2v) is 13.4. The summed E-state index contributed by atoms with van der Waals surface area (Å²) in [6, 6.07) is 0. The van der Waals surface area contributed by atoms with Gasteiger partial charge in [0.15, 0.2) is 0 Å². The first-order valence-corrected chi connectivity index (χ1v) is 19.4. The Morgan fingerprint density at radius 1 is 0.415 bits per heavy atom. The van der Waals surface area contributed by atoms with Crippen LogP contribution >= 0.6 is 0 Å². The third-order valence-corrected chi connectivity index (χ3v) is 9.32. The average molecular weight is 574 g/mol. The highest BCUT2D eigenvalue weighted by molar-refractivity contribution is 4.84. The van der Waals surface area contributed by atoms with Gasteiger partial charge in [-0.15, -0.1) is 0 Å². The SMILES string of the molecule is CCCCCCCCCCCCCCCCCC[n+]1ccn(CCCCCCCCCCCCCCC)c1CCC. The fourth-order valence-electron chi connectivity index (χ4n) is 6.55. The number of aromatic nitrogens is 2. The Kier molecular flexibility index (Phi) is 28.6. The van der Waals surface area contributed by atoms with E-state index in [0.29, 0.717) is 0 Å². The van der Waals surface area contributed by atoms with Crippen LogP contribution in [0.25, 0.3) is 0 Å². The Labute approximate surface area is 259 Å². The van der Waals surface area contributed by atoms with Crippen LogP contribution < -0.4 is 4.57 Å². The Morgan fingerprint density at radius 2 is 0.756 bits per heavy atom. The second-order valence-electron chi connectivity index (χ2n) is 13.4. The third-order valence-electron chi connectivity index (χ3n) is 9.32. The van der Waals surface area contributed by atoms with Crippen molar-refractivity contribution in [3.05, 3.63) is 18.2 Å². The maximum absolute atomic E-state index is 2.58. The number of aryl methyl sites for hydroxylation is 2. The maximum Gasteiger partial charge on any atom is 0.256 e. The van der Waals surface area contributed by atoms with Crippen LogP contribution in [0.5, 0.6) is 0 Å². The van der Waals surface area contributed by atoms with Crippen LogP contribution in [0.4, 0.5) is 0 Å². The highest BCUT2D eigenvalue weighted by Crippen LogP contribution is 2.15. The summed E-state index contributed by atoms with van der Waals surface area (Å²) in [5.41, 5.74) is 0. The molecule has 0 bridgehead atoms. The molecule has 2 nitrogen and oxygen atoms in total. The van der Waals surface area contributed by atoms with Gasteiger partial charge in [-0.25, -0.2) is 9.13 Å². The standard InChI is InChI=1S/C39H77N2/c1-4-7-9-11-13-15-17-19-20-21-23-25-27-29-31-33-36-41-38-37-40(39(41)34-6-3)35-32-30-28-26-24-22-18-16-14-12-10-8-5-2/h37-38H,4-36H2,1-3H3/q+1. The van der Waals surface area contributed by atoms with Gasteiger partial charge in [0.25, 0.3) is 5.82 Å². The fourth-order valence-corrected chi connectivity index (χ4v) is 6.55. The molecule has 1 aromatic rings. The molecule has 0 radical (unpaired) electrons. The molecule has 0 saturated carbocycles. The van der Waals surface area contributed by atoms with Gasteiger partial charge in [-0.1, -0.05) is 181 Å². The lowest BCUT2D eigenvalue weighted by Crippen LogP contribution is -2.37. The van der Waals surface area contributed by atoms with Crippen molar-refractivity contribution in [1.29, 1.82) is 0 Å². The molecule has 1 aromatic heterocycles. The Balaban J connectivity index is 1.99. The topological polar surface area (TPSA) is 8.81 Å². The molecule has 242 valence electrons. The van der Waals surface area contributed by atoms with Crippen LogP contribution in [0.2, 0.25) is 0 Å². The van der Waals surface area contributed by atoms with Crippen molar-refractivity contribution in [1.82, 2.24) is 4.57 Å². The molecule has 0 amide bonds. The highest BCUT2D eigenvalue weighted by Gasteiger charge is 2.15. The zero-order chi connectivity index (χ0) is 29.5. The molecule has 2 heteroatoms. The minimum Gasteiger partial charge on any atom is -0.234 e. The van der Waals surface area contributed by atoms with Gasteiger partial charge in [0.2, 0.25) is 0 Å². The van der Waals surface area contributed by atoms with E-state index in [0.717, 1.165) is 0 Å². The second kappa shape index (κ2) is 30.7. The van der Waals surface area contributed by atoms with Crippen molar-refractivity contribution in [3.8, 4) is 0 Å². The normalized spacial score (nSPS) is 11.6. The summed E-state index contributed by atoms with van der Waals surface area (Å²) in [6.07, 6.45) is 49.0. The first kappa shape index (κ1) is 38.2. The smallest absolute Gasteiger partial charge is 0.234 e. The lowest BCUT2D eigenvalue weighted by Gasteiger charge is -2.06. The highest BCUT2D eigenvalue weighted by atomic mass is 15.1. The third kappa shape index (κ3) is 23.4. The molecule has 1 heterocycles. The molecule has 0 aliphatic heterocycles. The van der Waals surface area contributed by atoms with Gasteiger partial charge in [0.1, 0.15) is 12.4 Å². The largest absolute Gasteiger partial charge is 0.256 e. The number of imidazole rings is 1.